The number of carbonyl (C=O) groups excluding carboxylic acids is 1. The molecule has 0 radical (unpaired) electrons. The molecule has 0 aliphatic carbocycles. The monoisotopic (exact) mass is 348 g/mol. The first-order valence-electron chi connectivity index (χ1n) is 5.64. The summed E-state index contributed by atoms with van der Waals surface area (Å²) in [6, 6.07) is 4.82. The highest BCUT2D eigenvalue weighted by Gasteiger charge is 2.20. The summed E-state index contributed by atoms with van der Waals surface area (Å²) in [6.45, 7) is 3.41. The quantitative estimate of drug-likeness (QED) is 0.846. The second-order valence-electron chi connectivity index (χ2n) is 4.37. The molecule has 0 aromatic heterocycles. The SMILES string of the molecule is Cc1ccc(NC(=O)C(C)Br)cc1S(=O)(=O)N(C)C. The molecule has 0 aliphatic rings. The van der Waals surface area contributed by atoms with E-state index >= 15 is 0 Å². The first-order chi connectivity index (χ1) is 8.66. The topological polar surface area (TPSA) is 66.5 Å². The van der Waals surface area contributed by atoms with Crippen molar-refractivity contribution < 1.29 is 13.2 Å². The number of amides is 1. The third-order valence-corrected chi connectivity index (χ3v) is 4.95. The van der Waals surface area contributed by atoms with E-state index in [1.807, 2.05) is 0 Å². The van der Waals surface area contributed by atoms with Gasteiger partial charge in [0.15, 0.2) is 0 Å². The van der Waals surface area contributed by atoms with Gasteiger partial charge >= 0.3 is 0 Å². The maximum Gasteiger partial charge on any atom is 0.242 e. The first kappa shape index (κ1) is 16.1. The molecule has 1 amide bonds. The van der Waals surface area contributed by atoms with E-state index in [-0.39, 0.29) is 15.6 Å². The molecule has 7 heteroatoms. The number of aryl methyl sites for hydroxylation is 1. The maximum absolute atomic E-state index is 12.1. The van der Waals surface area contributed by atoms with Crippen LogP contribution in [0.15, 0.2) is 23.1 Å². The molecule has 0 saturated heterocycles. The van der Waals surface area contributed by atoms with Crippen LogP contribution in [0.2, 0.25) is 0 Å². The summed E-state index contributed by atoms with van der Waals surface area (Å²) >= 11 is 3.15. The molecule has 1 atom stereocenters. The zero-order valence-corrected chi connectivity index (χ0v) is 13.7. The Morgan fingerprint density at radius 2 is 1.95 bits per heavy atom. The lowest BCUT2D eigenvalue weighted by atomic mass is 10.2. The Morgan fingerprint density at radius 3 is 2.42 bits per heavy atom. The van der Waals surface area contributed by atoms with E-state index < -0.39 is 10.0 Å². The van der Waals surface area contributed by atoms with Crippen molar-refractivity contribution in [3.05, 3.63) is 23.8 Å². The molecule has 0 heterocycles. The van der Waals surface area contributed by atoms with Gasteiger partial charge in [0.25, 0.3) is 0 Å². The first-order valence-corrected chi connectivity index (χ1v) is 8.00. The van der Waals surface area contributed by atoms with Crippen molar-refractivity contribution >= 4 is 37.5 Å². The van der Waals surface area contributed by atoms with Crippen LogP contribution in [-0.4, -0.2) is 37.6 Å². The summed E-state index contributed by atoms with van der Waals surface area (Å²) < 4.78 is 25.4. The molecule has 5 nitrogen and oxygen atoms in total. The fourth-order valence-electron chi connectivity index (χ4n) is 1.39. The summed E-state index contributed by atoms with van der Waals surface area (Å²) in [5, 5.41) is 2.65. The van der Waals surface area contributed by atoms with Crippen LogP contribution in [0.1, 0.15) is 12.5 Å². The van der Waals surface area contributed by atoms with Crippen molar-refractivity contribution in [3.8, 4) is 0 Å². The van der Waals surface area contributed by atoms with Crippen LogP contribution >= 0.6 is 15.9 Å². The van der Waals surface area contributed by atoms with Crippen LogP contribution in [0.5, 0.6) is 0 Å². The molecule has 0 aliphatic heterocycles. The standard InChI is InChI=1S/C12H17BrN2O3S/c1-8-5-6-10(14-12(16)9(2)13)7-11(8)19(17,18)15(3)4/h5-7,9H,1-4H3,(H,14,16). The van der Waals surface area contributed by atoms with E-state index in [2.05, 4.69) is 21.2 Å². The Morgan fingerprint density at radius 1 is 1.37 bits per heavy atom. The lowest BCUT2D eigenvalue weighted by Crippen LogP contribution is -2.24. The molecule has 0 saturated carbocycles. The van der Waals surface area contributed by atoms with Gasteiger partial charge in [-0.25, -0.2) is 12.7 Å². The summed E-state index contributed by atoms with van der Waals surface area (Å²) in [5.41, 5.74) is 1.10. The normalized spacial score (nSPS) is 13.4. The molecular formula is C12H17BrN2O3S. The molecule has 1 rings (SSSR count). The number of carbonyl (C=O) groups is 1. The number of halogens is 1. The Bertz CT molecular complexity index is 583. The Hall–Kier alpha value is -0.920. The minimum absolute atomic E-state index is 0.192. The van der Waals surface area contributed by atoms with Crippen molar-refractivity contribution in [2.45, 2.75) is 23.6 Å². The number of benzene rings is 1. The number of hydrogen-bond acceptors (Lipinski definition) is 3. The highest BCUT2D eigenvalue weighted by Crippen LogP contribution is 2.22. The van der Waals surface area contributed by atoms with Crippen LogP contribution in [0, 0.1) is 6.92 Å². The van der Waals surface area contributed by atoms with E-state index in [1.54, 1.807) is 26.0 Å². The van der Waals surface area contributed by atoms with Gasteiger partial charge in [-0.2, -0.15) is 0 Å². The van der Waals surface area contributed by atoms with Crippen LogP contribution < -0.4 is 5.32 Å². The molecule has 0 bridgehead atoms. The minimum Gasteiger partial charge on any atom is -0.325 e. The summed E-state index contributed by atoms with van der Waals surface area (Å²) in [5.74, 6) is -0.225. The van der Waals surface area contributed by atoms with E-state index in [4.69, 9.17) is 0 Å². The summed E-state index contributed by atoms with van der Waals surface area (Å²) in [4.78, 5) is 11.4. The van der Waals surface area contributed by atoms with Gasteiger partial charge < -0.3 is 5.32 Å². The van der Waals surface area contributed by atoms with Gasteiger partial charge in [-0.3, -0.25) is 4.79 Å². The third-order valence-electron chi connectivity index (χ3n) is 2.58. The molecule has 0 fully saturated rings. The van der Waals surface area contributed by atoms with Gasteiger partial charge in [-0.15, -0.1) is 0 Å². The predicted molar refractivity (Wildman–Crippen MR) is 79.1 cm³/mol. The van der Waals surface area contributed by atoms with Crippen molar-refractivity contribution in [3.63, 3.8) is 0 Å². The second kappa shape index (κ2) is 6.02. The molecule has 1 N–H and O–H groups in total. The van der Waals surface area contributed by atoms with Crippen molar-refractivity contribution in [2.75, 3.05) is 19.4 Å². The summed E-state index contributed by atoms with van der Waals surface area (Å²) in [7, 11) is -0.570. The van der Waals surface area contributed by atoms with Crippen LogP contribution in [0.3, 0.4) is 0 Å². The van der Waals surface area contributed by atoms with E-state index in [9.17, 15) is 13.2 Å². The Labute approximate surface area is 122 Å². The number of nitrogens with one attached hydrogen (secondary N) is 1. The number of hydrogen-bond donors (Lipinski definition) is 1. The largest absolute Gasteiger partial charge is 0.325 e. The fraction of sp³-hybridized carbons (Fsp3) is 0.417. The maximum atomic E-state index is 12.1. The van der Waals surface area contributed by atoms with Gasteiger partial charge in [0, 0.05) is 19.8 Å². The second-order valence-corrected chi connectivity index (χ2v) is 7.87. The van der Waals surface area contributed by atoms with E-state index in [1.165, 1.54) is 20.2 Å². The van der Waals surface area contributed by atoms with Crippen molar-refractivity contribution in [2.24, 2.45) is 0 Å². The number of nitrogens with zero attached hydrogens (tertiary/aromatic N) is 1. The smallest absolute Gasteiger partial charge is 0.242 e. The summed E-state index contributed by atoms with van der Waals surface area (Å²) in [6.07, 6.45) is 0. The van der Waals surface area contributed by atoms with Gasteiger partial charge in [0.1, 0.15) is 0 Å². The van der Waals surface area contributed by atoms with Crippen molar-refractivity contribution in [1.29, 1.82) is 0 Å². The lowest BCUT2D eigenvalue weighted by molar-refractivity contribution is -0.115. The lowest BCUT2D eigenvalue weighted by Gasteiger charge is -2.15. The fourth-order valence-corrected chi connectivity index (χ4v) is 2.65. The number of anilines is 1. The zero-order valence-electron chi connectivity index (χ0n) is 11.3. The van der Waals surface area contributed by atoms with Crippen LogP contribution in [-0.2, 0) is 14.8 Å². The van der Waals surface area contributed by atoms with E-state index in [0.717, 1.165) is 4.31 Å². The average molecular weight is 349 g/mol. The van der Waals surface area contributed by atoms with Gasteiger partial charge in [0.05, 0.1) is 9.72 Å². The molecule has 1 aromatic carbocycles. The molecule has 19 heavy (non-hydrogen) atoms. The van der Waals surface area contributed by atoms with Gasteiger partial charge in [0.2, 0.25) is 15.9 Å². The minimum atomic E-state index is -3.52. The number of rotatable bonds is 4. The number of alkyl halides is 1. The number of sulfonamides is 1. The predicted octanol–water partition coefficient (Wildman–Crippen LogP) is 1.97. The Kier molecular flexibility index (Phi) is 5.11. The molecular weight excluding hydrogens is 332 g/mol. The molecule has 1 unspecified atom stereocenters. The Balaban J connectivity index is 3.19. The van der Waals surface area contributed by atoms with Gasteiger partial charge in [-0.05, 0) is 31.5 Å². The van der Waals surface area contributed by atoms with Crippen molar-refractivity contribution in [1.82, 2.24) is 4.31 Å². The van der Waals surface area contributed by atoms with Crippen LogP contribution in [0.25, 0.3) is 0 Å². The zero-order chi connectivity index (χ0) is 14.8. The molecule has 1 aromatic rings. The third kappa shape index (κ3) is 3.77. The van der Waals surface area contributed by atoms with Gasteiger partial charge in [-0.1, -0.05) is 22.0 Å². The molecule has 106 valence electrons. The highest BCUT2D eigenvalue weighted by atomic mass is 79.9. The van der Waals surface area contributed by atoms with E-state index in [0.29, 0.717) is 11.3 Å². The molecule has 0 spiro atoms. The van der Waals surface area contributed by atoms with Crippen LogP contribution in [0.4, 0.5) is 5.69 Å². The highest BCUT2D eigenvalue weighted by molar-refractivity contribution is 9.10. The average Bonchev–Trinajstić information content (AvgIpc) is 2.30.